The van der Waals surface area contributed by atoms with Gasteiger partial charge in [0.15, 0.2) is 5.82 Å². The molecule has 7 heteroatoms. The minimum Gasteiger partial charge on any atom is -0.305 e. The van der Waals surface area contributed by atoms with Crippen molar-refractivity contribution in [2.75, 3.05) is 5.32 Å². The fraction of sp³-hybridized carbons (Fsp3) is 0.154. The molecule has 33 heavy (non-hydrogen) atoms. The van der Waals surface area contributed by atoms with E-state index in [0.717, 1.165) is 27.9 Å². The van der Waals surface area contributed by atoms with Crippen molar-refractivity contribution in [3.63, 3.8) is 0 Å². The average molecular weight is 437 g/mol. The third-order valence-corrected chi connectivity index (χ3v) is 5.95. The molecule has 0 aliphatic heterocycles. The second-order valence-electron chi connectivity index (χ2n) is 8.12. The van der Waals surface area contributed by atoms with Crippen LogP contribution in [0.5, 0.6) is 0 Å². The lowest BCUT2D eigenvalue weighted by Gasteiger charge is -2.10. The number of fused-ring (bicyclic) bond motifs is 1. The Morgan fingerprint density at radius 1 is 1.03 bits per heavy atom. The molecule has 0 fully saturated rings. The number of para-hydroxylation sites is 1. The highest BCUT2D eigenvalue weighted by molar-refractivity contribution is 6.12. The first-order valence-electron chi connectivity index (χ1n) is 10.8. The van der Waals surface area contributed by atoms with Crippen LogP contribution in [-0.4, -0.2) is 30.5 Å². The van der Waals surface area contributed by atoms with Crippen LogP contribution in [0.25, 0.3) is 22.2 Å². The smallest absolute Gasteiger partial charge is 0.257 e. The van der Waals surface area contributed by atoms with Crippen molar-refractivity contribution in [2.45, 2.75) is 20.4 Å². The molecule has 0 unspecified atom stereocenters. The molecule has 5 rings (SSSR count). The van der Waals surface area contributed by atoms with Gasteiger partial charge in [-0.1, -0.05) is 42.5 Å². The Labute approximate surface area is 191 Å². The van der Waals surface area contributed by atoms with Gasteiger partial charge in [0.05, 0.1) is 29.5 Å². The van der Waals surface area contributed by atoms with Crippen molar-refractivity contribution in [1.29, 1.82) is 0 Å². The first-order chi connectivity index (χ1) is 16.0. The number of carbonyl (C=O) groups excluding carboxylic acids is 1. The van der Waals surface area contributed by atoms with Crippen LogP contribution in [0.4, 0.5) is 5.82 Å². The van der Waals surface area contributed by atoms with E-state index in [1.165, 1.54) is 11.1 Å². The molecule has 7 nitrogen and oxygen atoms in total. The van der Waals surface area contributed by atoms with Crippen LogP contribution in [0, 0.1) is 13.8 Å². The lowest BCUT2D eigenvalue weighted by atomic mass is 10.0. The summed E-state index contributed by atoms with van der Waals surface area (Å²) in [6.45, 7) is 4.71. The molecule has 0 saturated heterocycles. The minimum absolute atomic E-state index is 0.225. The lowest BCUT2D eigenvalue weighted by Crippen LogP contribution is -2.14. The summed E-state index contributed by atoms with van der Waals surface area (Å²) in [7, 11) is 1.89. The lowest BCUT2D eigenvalue weighted by molar-refractivity contribution is 0.102. The van der Waals surface area contributed by atoms with Gasteiger partial charge in [0.2, 0.25) is 0 Å². The zero-order valence-corrected chi connectivity index (χ0v) is 18.8. The third kappa shape index (κ3) is 4.01. The topological polar surface area (TPSA) is 77.6 Å². The summed E-state index contributed by atoms with van der Waals surface area (Å²) in [4.78, 5) is 18.1. The predicted octanol–water partition coefficient (Wildman–Crippen LogP) is 4.75. The Kier molecular flexibility index (Phi) is 5.22. The maximum Gasteiger partial charge on any atom is 0.257 e. The number of benzene rings is 2. The van der Waals surface area contributed by atoms with Gasteiger partial charge < -0.3 is 5.32 Å². The van der Waals surface area contributed by atoms with Crippen molar-refractivity contribution in [1.82, 2.24) is 24.5 Å². The number of carbonyl (C=O) groups is 1. The Morgan fingerprint density at radius 2 is 1.82 bits per heavy atom. The quantitative estimate of drug-likeness (QED) is 0.431. The first-order valence-corrected chi connectivity index (χ1v) is 10.8. The monoisotopic (exact) mass is 436 g/mol. The largest absolute Gasteiger partial charge is 0.305 e. The fourth-order valence-electron chi connectivity index (χ4n) is 3.91. The van der Waals surface area contributed by atoms with Crippen molar-refractivity contribution in [2.24, 2.45) is 7.05 Å². The van der Waals surface area contributed by atoms with E-state index in [1.54, 1.807) is 10.9 Å². The summed E-state index contributed by atoms with van der Waals surface area (Å²) in [6.07, 6.45) is 3.65. The van der Waals surface area contributed by atoms with Crippen LogP contribution in [0.15, 0.2) is 73.1 Å². The third-order valence-electron chi connectivity index (χ3n) is 5.95. The molecule has 0 aliphatic carbocycles. The normalized spacial score (nSPS) is 11.1. The SMILES string of the molecule is Cc1ccccc1Cn1ccc(NC(=O)c2cc(-c3cnn(C)c3C)nc3ccccc23)n1. The molecule has 0 saturated carbocycles. The number of aromatic nitrogens is 5. The van der Waals surface area contributed by atoms with Gasteiger partial charge in [-0.2, -0.15) is 10.2 Å². The van der Waals surface area contributed by atoms with Crippen LogP contribution in [0.3, 0.4) is 0 Å². The molecule has 3 heterocycles. The van der Waals surface area contributed by atoms with Gasteiger partial charge in [0, 0.05) is 36.0 Å². The standard InChI is InChI=1S/C26H24N6O/c1-17-8-4-5-9-19(17)16-32-13-12-25(30-32)29-26(33)21-14-24(22-15-27-31(3)18(22)2)28-23-11-7-6-10-20(21)23/h4-15H,16H2,1-3H3,(H,29,30,33). The van der Waals surface area contributed by atoms with Gasteiger partial charge in [0.25, 0.3) is 5.91 Å². The summed E-state index contributed by atoms with van der Waals surface area (Å²) in [5.41, 5.74) is 6.31. The maximum absolute atomic E-state index is 13.3. The zero-order valence-electron chi connectivity index (χ0n) is 18.8. The zero-order chi connectivity index (χ0) is 22.9. The fourth-order valence-corrected chi connectivity index (χ4v) is 3.91. The number of nitrogens with one attached hydrogen (secondary N) is 1. The highest BCUT2D eigenvalue weighted by Gasteiger charge is 2.17. The molecular weight excluding hydrogens is 412 g/mol. The van der Waals surface area contributed by atoms with E-state index in [-0.39, 0.29) is 5.91 Å². The molecule has 2 aromatic carbocycles. The van der Waals surface area contributed by atoms with E-state index in [4.69, 9.17) is 4.98 Å². The number of hydrogen-bond acceptors (Lipinski definition) is 4. The number of nitrogens with zero attached hydrogens (tertiary/aromatic N) is 5. The van der Waals surface area contributed by atoms with E-state index < -0.39 is 0 Å². The summed E-state index contributed by atoms with van der Waals surface area (Å²) < 4.78 is 3.63. The van der Waals surface area contributed by atoms with Gasteiger partial charge in [-0.05, 0) is 37.1 Å². The molecule has 0 radical (unpaired) electrons. The molecule has 0 bridgehead atoms. The number of aryl methyl sites for hydroxylation is 2. The number of amides is 1. The molecule has 0 atom stereocenters. The second-order valence-corrected chi connectivity index (χ2v) is 8.12. The van der Waals surface area contributed by atoms with Crippen molar-refractivity contribution in [3.8, 4) is 11.3 Å². The summed E-state index contributed by atoms with van der Waals surface area (Å²) in [5, 5.41) is 12.6. The number of anilines is 1. The summed E-state index contributed by atoms with van der Waals surface area (Å²) in [6, 6.07) is 19.5. The molecule has 164 valence electrons. The van der Waals surface area contributed by atoms with Gasteiger partial charge in [-0.15, -0.1) is 0 Å². The summed E-state index contributed by atoms with van der Waals surface area (Å²) >= 11 is 0. The average Bonchev–Trinajstić information content (AvgIpc) is 3.40. The highest BCUT2D eigenvalue weighted by Crippen LogP contribution is 2.27. The van der Waals surface area contributed by atoms with Gasteiger partial charge in [0.1, 0.15) is 0 Å². The van der Waals surface area contributed by atoms with Gasteiger partial charge >= 0.3 is 0 Å². The maximum atomic E-state index is 13.3. The van der Waals surface area contributed by atoms with Gasteiger partial charge in [-0.3, -0.25) is 14.2 Å². The second kappa shape index (κ2) is 8.35. The summed E-state index contributed by atoms with van der Waals surface area (Å²) in [5.74, 6) is 0.283. The van der Waals surface area contributed by atoms with E-state index in [9.17, 15) is 4.79 Å². The van der Waals surface area contributed by atoms with E-state index in [1.807, 2.05) is 73.4 Å². The van der Waals surface area contributed by atoms with Crippen molar-refractivity contribution in [3.05, 3.63) is 95.4 Å². The van der Waals surface area contributed by atoms with E-state index >= 15 is 0 Å². The number of pyridine rings is 1. The highest BCUT2D eigenvalue weighted by atomic mass is 16.1. The van der Waals surface area contributed by atoms with E-state index in [0.29, 0.717) is 17.9 Å². The van der Waals surface area contributed by atoms with Crippen LogP contribution in [-0.2, 0) is 13.6 Å². The van der Waals surface area contributed by atoms with Crippen LogP contribution >= 0.6 is 0 Å². The van der Waals surface area contributed by atoms with Crippen molar-refractivity contribution < 1.29 is 4.79 Å². The van der Waals surface area contributed by atoms with Crippen LogP contribution < -0.4 is 5.32 Å². The Bertz CT molecular complexity index is 1480. The molecule has 0 spiro atoms. The number of hydrogen-bond donors (Lipinski definition) is 1. The minimum atomic E-state index is -0.225. The Morgan fingerprint density at radius 3 is 2.61 bits per heavy atom. The number of rotatable bonds is 5. The molecule has 0 aliphatic rings. The molecular formula is C26H24N6O. The van der Waals surface area contributed by atoms with Gasteiger partial charge in [-0.25, -0.2) is 4.98 Å². The van der Waals surface area contributed by atoms with E-state index in [2.05, 4.69) is 34.6 Å². The molecule has 1 amide bonds. The predicted molar refractivity (Wildman–Crippen MR) is 129 cm³/mol. The van der Waals surface area contributed by atoms with Crippen molar-refractivity contribution >= 4 is 22.6 Å². The Balaban J connectivity index is 1.46. The van der Waals surface area contributed by atoms with Crippen LogP contribution in [0.1, 0.15) is 27.2 Å². The first kappa shape index (κ1) is 20.6. The molecule has 3 aromatic heterocycles. The molecule has 5 aromatic rings. The van der Waals surface area contributed by atoms with Crippen LogP contribution in [0.2, 0.25) is 0 Å². The molecule has 1 N–H and O–H groups in total. The Hall–Kier alpha value is -4.26.